The van der Waals surface area contributed by atoms with E-state index in [1.54, 1.807) is 0 Å². The SMILES string of the molecule is C#CCCC[C@@H]1C[C@H]1O.C#CCCC[C@@H]1C[C@H]1OC(=O)C[C@@H](C)C(=O)O.C[C@H](N)C(=O)O. The maximum atomic E-state index is 11.4. The molecule has 2 rings (SSSR count). The van der Waals surface area contributed by atoms with Crippen molar-refractivity contribution in [2.24, 2.45) is 23.5 Å². The summed E-state index contributed by atoms with van der Waals surface area (Å²) in [5.74, 6) is 3.14. The molecule has 2 aliphatic carbocycles. The Balaban J connectivity index is 0.000000532. The van der Waals surface area contributed by atoms with Crippen molar-refractivity contribution in [3.05, 3.63) is 0 Å². The molecule has 180 valence electrons. The summed E-state index contributed by atoms with van der Waals surface area (Å²) >= 11 is 0. The molecule has 0 unspecified atom stereocenters. The zero-order chi connectivity index (χ0) is 24.7. The van der Waals surface area contributed by atoms with Crippen LogP contribution in [0.5, 0.6) is 0 Å². The van der Waals surface area contributed by atoms with Crippen LogP contribution in [0.3, 0.4) is 0 Å². The molecule has 0 aliphatic heterocycles. The average molecular weight is 452 g/mol. The molecule has 32 heavy (non-hydrogen) atoms. The van der Waals surface area contributed by atoms with Crippen LogP contribution in [0.2, 0.25) is 0 Å². The predicted octanol–water partition coefficient (Wildman–Crippen LogP) is 2.42. The lowest BCUT2D eigenvalue weighted by Gasteiger charge is -2.06. The third-order valence-electron chi connectivity index (χ3n) is 5.10. The van der Waals surface area contributed by atoms with E-state index in [0.717, 1.165) is 51.4 Å². The Kier molecular flexibility index (Phi) is 14.8. The number of carbonyl (C=O) groups excluding carboxylic acids is 1. The molecular formula is C24H37NO7. The highest BCUT2D eigenvalue weighted by Gasteiger charge is 2.40. The van der Waals surface area contributed by atoms with Gasteiger partial charge in [0.25, 0.3) is 0 Å². The molecule has 2 aliphatic rings. The zero-order valence-corrected chi connectivity index (χ0v) is 19.0. The summed E-state index contributed by atoms with van der Waals surface area (Å²) in [6.07, 6.45) is 17.8. The fourth-order valence-electron chi connectivity index (χ4n) is 2.70. The zero-order valence-electron chi connectivity index (χ0n) is 19.0. The van der Waals surface area contributed by atoms with Crippen LogP contribution in [0.25, 0.3) is 0 Å². The maximum Gasteiger partial charge on any atom is 0.320 e. The van der Waals surface area contributed by atoms with Crippen molar-refractivity contribution in [1.82, 2.24) is 0 Å². The van der Waals surface area contributed by atoms with Gasteiger partial charge in [-0.15, -0.1) is 24.7 Å². The number of aliphatic carboxylic acids is 2. The summed E-state index contributed by atoms with van der Waals surface area (Å²) < 4.78 is 5.17. The molecule has 8 heteroatoms. The van der Waals surface area contributed by atoms with E-state index in [0.29, 0.717) is 11.8 Å². The lowest BCUT2D eigenvalue weighted by molar-refractivity contribution is -0.152. The van der Waals surface area contributed by atoms with Crippen LogP contribution in [0.4, 0.5) is 0 Å². The van der Waals surface area contributed by atoms with Crippen LogP contribution in [0, 0.1) is 42.4 Å². The topological polar surface area (TPSA) is 147 Å². The Morgan fingerprint density at radius 2 is 1.47 bits per heavy atom. The number of carboxylic acid groups (broad SMARTS) is 2. The second kappa shape index (κ2) is 16.1. The highest BCUT2D eigenvalue weighted by Crippen LogP contribution is 2.38. The summed E-state index contributed by atoms with van der Waals surface area (Å²) in [5.41, 5.74) is 4.84. The van der Waals surface area contributed by atoms with E-state index in [-0.39, 0.29) is 18.6 Å². The van der Waals surface area contributed by atoms with Gasteiger partial charge >= 0.3 is 17.9 Å². The quantitative estimate of drug-likeness (QED) is 0.213. The molecule has 5 N–H and O–H groups in total. The average Bonchev–Trinajstić information content (AvgIpc) is 3.62. The monoisotopic (exact) mass is 451 g/mol. The summed E-state index contributed by atoms with van der Waals surface area (Å²) in [6.45, 7) is 2.92. The van der Waals surface area contributed by atoms with E-state index in [1.165, 1.54) is 13.8 Å². The molecule has 8 nitrogen and oxygen atoms in total. The molecule has 2 saturated carbocycles. The fourth-order valence-corrected chi connectivity index (χ4v) is 2.70. The third-order valence-corrected chi connectivity index (χ3v) is 5.10. The molecule has 0 bridgehead atoms. The van der Waals surface area contributed by atoms with Crippen molar-refractivity contribution in [2.75, 3.05) is 0 Å². The second-order valence-corrected chi connectivity index (χ2v) is 8.35. The highest BCUT2D eigenvalue weighted by molar-refractivity contribution is 5.78. The van der Waals surface area contributed by atoms with Crippen LogP contribution < -0.4 is 5.73 Å². The summed E-state index contributed by atoms with van der Waals surface area (Å²) in [4.78, 5) is 31.5. The van der Waals surface area contributed by atoms with Crippen LogP contribution >= 0.6 is 0 Å². The number of unbranched alkanes of at least 4 members (excludes halogenated alkanes) is 2. The molecule has 0 heterocycles. The second-order valence-electron chi connectivity index (χ2n) is 8.35. The molecule has 6 atom stereocenters. The van der Waals surface area contributed by atoms with Crippen LogP contribution in [0.1, 0.15) is 71.6 Å². The molecule has 0 aromatic rings. The number of esters is 1. The Bertz CT molecular complexity index is 677. The number of carbonyl (C=O) groups is 3. The molecule has 0 spiro atoms. The highest BCUT2D eigenvalue weighted by atomic mass is 16.5. The van der Waals surface area contributed by atoms with Crippen LogP contribution in [-0.4, -0.2) is 51.5 Å². The largest absolute Gasteiger partial charge is 0.481 e. The predicted molar refractivity (Wildman–Crippen MR) is 120 cm³/mol. The number of ether oxygens (including phenoxy) is 1. The van der Waals surface area contributed by atoms with Gasteiger partial charge in [-0.25, -0.2) is 0 Å². The molecule has 0 aromatic carbocycles. The number of carboxylic acids is 2. The van der Waals surface area contributed by atoms with Crippen LogP contribution in [0.15, 0.2) is 0 Å². The Morgan fingerprint density at radius 3 is 1.84 bits per heavy atom. The maximum absolute atomic E-state index is 11.4. The van der Waals surface area contributed by atoms with Gasteiger partial charge in [0, 0.05) is 12.8 Å². The lowest BCUT2D eigenvalue weighted by Crippen LogP contribution is -2.25. The van der Waals surface area contributed by atoms with Crippen molar-refractivity contribution >= 4 is 17.9 Å². The van der Waals surface area contributed by atoms with Gasteiger partial charge in [-0.3, -0.25) is 14.4 Å². The van der Waals surface area contributed by atoms with Gasteiger partial charge < -0.3 is 25.8 Å². The van der Waals surface area contributed by atoms with E-state index in [9.17, 15) is 14.4 Å². The number of hydrogen-bond acceptors (Lipinski definition) is 6. The van der Waals surface area contributed by atoms with E-state index in [4.69, 9.17) is 38.6 Å². The smallest absolute Gasteiger partial charge is 0.320 e. The molecule has 0 aromatic heterocycles. The van der Waals surface area contributed by atoms with E-state index >= 15 is 0 Å². The van der Waals surface area contributed by atoms with Gasteiger partial charge in [-0.1, -0.05) is 6.92 Å². The number of hydrogen-bond donors (Lipinski definition) is 4. The Morgan fingerprint density at radius 1 is 1.00 bits per heavy atom. The summed E-state index contributed by atoms with van der Waals surface area (Å²) in [7, 11) is 0. The fraction of sp³-hybridized carbons (Fsp3) is 0.708. The number of terminal acetylenes is 2. The standard InChI is InChI=1S/C13H18O4.C8H12O.C3H7NO2/c1-3-4-5-6-10-8-11(10)17-12(14)7-9(2)13(15)16;1-2-3-4-5-7-6-8(7)9;1-2(4)3(5)6/h1,9-11H,4-8H2,2H3,(H,15,16);1,7-9H,3-6H2;2H,4H2,1H3,(H,5,6)/t9-,10-,11-;7-,8-;2-/m110/s1. The van der Waals surface area contributed by atoms with E-state index in [2.05, 4.69) is 11.8 Å². The van der Waals surface area contributed by atoms with Crippen molar-refractivity contribution in [1.29, 1.82) is 0 Å². The first kappa shape index (κ1) is 29.5. The number of nitrogens with two attached hydrogens (primary N) is 1. The Hall–Kier alpha value is -2.55. The molecule has 0 saturated heterocycles. The first-order chi connectivity index (χ1) is 15.0. The van der Waals surface area contributed by atoms with Crippen molar-refractivity contribution < 1.29 is 34.4 Å². The first-order valence-electron chi connectivity index (χ1n) is 11.0. The number of aliphatic hydroxyl groups is 1. The minimum atomic E-state index is -0.969. The van der Waals surface area contributed by atoms with Crippen molar-refractivity contribution in [2.45, 2.75) is 89.9 Å². The Labute approximate surface area is 190 Å². The first-order valence-corrected chi connectivity index (χ1v) is 11.0. The summed E-state index contributed by atoms with van der Waals surface area (Å²) in [5, 5.41) is 25.4. The van der Waals surface area contributed by atoms with Gasteiger partial charge in [0.05, 0.1) is 18.4 Å². The molecule has 2 fully saturated rings. The van der Waals surface area contributed by atoms with Gasteiger partial charge in [0.2, 0.25) is 0 Å². The van der Waals surface area contributed by atoms with Crippen molar-refractivity contribution in [3.8, 4) is 24.7 Å². The molecular weight excluding hydrogens is 414 g/mol. The van der Waals surface area contributed by atoms with Gasteiger partial charge in [0.15, 0.2) is 0 Å². The van der Waals surface area contributed by atoms with E-state index < -0.39 is 29.9 Å². The van der Waals surface area contributed by atoms with Crippen LogP contribution in [-0.2, 0) is 19.1 Å². The number of aliphatic hydroxyl groups excluding tert-OH is 1. The third kappa shape index (κ3) is 15.3. The lowest BCUT2D eigenvalue weighted by atomic mass is 10.1. The van der Waals surface area contributed by atoms with E-state index in [1.807, 2.05) is 0 Å². The normalized spacial score (nSPS) is 23.9. The van der Waals surface area contributed by atoms with Crippen molar-refractivity contribution in [3.63, 3.8) is 0 Å². The minimum Gasteiger partial charge on any atom is -0.481 e. The van der Waals surface area contributed by atoms with Gasteiger partial charge in [-0.05, 0) is 57.3 Å². The van der Waals surface area contributed by atoms with Gasteiger partial charge in [-0.2, -0.15) is 0 Å². The number of rotatable bonds is 11. The molecule has 0 amide bonds. The molecule has 0 radical (unpaired) electrons. The summed E-state index contributed by atoms with van der Waals surface area (Å²) in [6, 6.07) is -0.731. The van der Waals surface area contributed by atoms with Gasteiger partial charge in [0.1, 0.15) is 12.1 Å². The minimum absolute atomic E-state index is 0.00257.